The lowest BCUT2D eigenvalue weighted by Gasteiger charge is -2.08. The minimum Gasteiger partial charge on any atom is -0.494 e. The first kappa shape index (κ1) is 16.3. The van der Waals surface area contributed by atoms with E-state index in [9.17, 15) is 4.79 Å². The Labute approximate surface area is 140 Å². The maximum atomic E-state index is 11.9. The molecule has 0 bridgehead atoms. The molecule has 1 heterocycles. The van der Waals surface area contributed by atoms with E-state index in [-0.39, 0.29) is 16.1 Å². The summed E-state index contributed by atoms with van der Waals surface area (Å²) in [5, 5.41) is 0.619. The summed E-state index contributed by atoms with van der Waals surface area (Å²) in [7, 11) is 0. The molecule has 0 aliphatic heterocycles. The van der Waals surface area contributed by atoms with Gasteiger partial charge in [0.25, 0.3) is 5.91 Å². The number of benzene rings is 1. The highest BCUT2D eigenvalue weighted by molar-refractivity contribution is 7.98. The summed E-state index contributed by atoms with van der Waals surface area (Å²) in [5.74, 6) is 0.186. The van der Waals surface area contributed by atoms with Crippen molar-refractivity contribution in [1.82, 2.24) is 14.7 Å². The highest BCUT2D eigenvalue weighted by Crippen LogP contribution is 2.29. The number of nitrogens with zero attached hydrogens (tertiary/aromatic N) is 1. The van der Waals surface area contributed by atoms with E-state index in [4.69, 9.17) is 39.5 Å². The van der Waals surface area contributed by atoms with E-state index in [0.717, 1.165) is 11.9 Å². The van der Waals surface area contributed by atoms with Gasteiger partial charge in [-0.05, 0) is 48.7 Å². The van der Waals surface area contributed by atoms with Crippen molar-refractivity contribution in [2.45, 2.75) is 11.8 Å². The zero-order valence-corrected chi connectivity index (χ0v) is 13.8. The van der Waals surface area contributed by atoms with Gasteiger partial charge in [-0.2, -0.15) is 0 Å². The Balaban J connectivity index is 2.07. The first-order valence-electron chi connectivity index (χ1n) is 5.81. The quantitative estimate of drug-likeness (QED) is 0.778. The van der Waals surface area contributed by atoms with Gasteiger partial charge in [0.2, 0.25) is 5.28 Å². The van der Waals surface area contributed by atoms with Crippen LogP contribution < -0.4 is 9.46 Å². The van der Waals surface area contributed by atoms with Crippen LogP contribution in [0.5, 0.6) is 5.75 Å². The Hall–Kier alpha value is -1.08. The van der Waals surface area contributed by atoms with Gasteiger partial charge in [0.15, 0.2) is 5.69 Å². The van der Waals surface area contributed by atoms with Crippen molar-refractivity contribution in [2.24, 2.45) is 0 Å². The molecule has 0 saturated carbocycles. The summed E-state index contributed by atoms with van der Waals surface area (Å²) >= 11 is 18.5. The third-order valence-electron chi connectivity index (χ3n) is 2.31. The standard InChI is InChI=1S/C12H10Cl3N3O2S/c1-2-20-6-3-4-7(13)8(5-6)21-18-11(19)9-10(14)17-12(15)16-9/h3-5H,2H2,1H3,(H,16,17)(H,18,19). The molecule has 2 rings (SSSR count). The number of H-pyrrole nitrogens is 1. The molecular weight excluding hydrogens is 357 g/mol. The van der Waals surface area contributed by atoms with Gasteiger partial charge in [0.05, 0.1) is 16.5 Å². The Kier molecular flexibility index (Phi) is 5.64. The molecule has 1 amide bonds. The zero-order chi connectivity index (χ0) is 15.4. The van der Waals surface area contributed by atoms with E-state index in [1.54, 1.807) is 18.2 Å². The second-order valence-electron chi connectivity index (χ2n) is 3.75. The minimum absolute atomic E-state index is 0.0197. The molecule has 0 aliphatic rings. The number of halogens is 3. The fourth-order valence-electron chi connectivity index (χ4n) is 1.44. The van der Waals surface area contributed by atoms with Crippen LogP contribution in [-0.2, 0) is 0 Å². The molecule has 21 heavy (non-hydrogen) atoms. The van der Waals surface area contributed by atoms with E-state index >= 15 is 0 Å². The van der Waals surface area contributed by atoms with Crippen LogP contribution >= 0.6 is 46.8 Å². The van der Waals surface area contributed by atoms with E-state index in [2.05, 4.69) is 14.7 Å². The molecule has 0 aliphatic carbocycles. The second kappa shape index (κ2) is 7.26. The SMILES string of the molecule is CCOc1ccc(Cl)c(SNC(=O)c2nc(Cl)[nH]c2Cl)c1. The first-order chi connectivity index (χ1) is 10.0. The fourth-order valence-corrected chi connectivity index (χ4v) is 2.76. The van der Waals surface area contributed by atoms with Gasteiger partial charge >= 0.3 is 0 Å². The number of imidazole rings is 1. The first-order valence-corrected chi connectivity index (χ1v) is 7.76. The van der Waals surface area contributed by atoms with E-state index in [1.165, 1.54) is 0 Å². The summed E-state index contributed by atoms with van der Waals surface area (Å²) in [5.41, 5.74) is 0.0197. The van der Waals surface area contributed by atoms with Crippen LogP contribution in [0.3, 0.4) is 0 Å². The van der Waals surface area contributed by atoms with Crippen LogP contribution in [0.15, 0.2) is 23.1 Å². The van der Waals surface area contributed by atoms with Gasteiger partial charge in [0, 0.05) is 0 Å². The normalized spacial score (nSPS) is 10.5. The largest absolute Gasteiger partial charge is 0.494 e. The maximum absolute atomic E-state index is 11.9. The molecule has 0 saturated heterocycles. The Morgan fingerprint density at radius 1 is 1.43 bits per heavy atom. The highest BCUT2D eigenvalue weighted by atomic mass is 35.5. The fraction of sp³-hybridized carbons (Fsp3) is 0.167. The van der Waals surface area contributed by atoms with Crippen molar-refractivity contribution in [3.63, 3.8) is 0 Å². The number of carbonyl (C=O) groups is 1. The summed E-state index contributed by atoms with van der Waals surface area (Å²) in [6, 6.07) is 5.18. The number of carbonyl (C=O) groups excluding carboxylic acids is 1. The third-order valence-corrected chi connectivity index (χ3v) is 4.05. The second-order valence-corrected chi connectivity index (χ2v) is 5.74. The van der Waals surface area contributed by atoms with Crippen LogP contribution in [-0.4, -0.2) is 22.5 Å². The molecule has 9 heteroatoms. The molecule has 2 aromatic rings. The van der Waals surface area contributed by atoms with Crippen molar-refractivity contribution in [3.05, 3.63) is 39.4 Å². The predicted octanol–water partition coefficient (Wildman–Crippen LogP) is 4.21. The van der Waals surface area contributed by atoms with Crippen LogP contribution in [0.4, 0.5) is 0 Å². The Bertz CT molecular complexity index is 663. The molecule has 0 fully saturated rings. The number of hydrogen-bond donors (Lipinski definition) is 2. The smallest absolute Gasteiger partial charge is 0.283 e. The molecule has 0 atom stereocenters. The van der Waals surface area contributed by atoms with Crippen LogP contribution in [0.2, 0.25) is 15.5 Å². The average Bonchev–Trinajstić information content (AvgIpc) is 2.78. The summed E-state index contributed by atoms with van der Waals surface area (Å²) in [6.07, 6.45) is 0. The highest BCUT2D eigenvalue weighted by Gasteiger charge is 2.16. The summed E-state index contributed by atoms with van der Waals surface area (Å²) in [4.78, 5) is 18.9. The van der Waals surface area contributed by atoms with Crippen LogP contribution in [0.25, 0.3) is 0 Å². The molecule has 2 N–H and O–H groups in total. The van der Waals surface area contributed by atoms with Crippen molar-refractivity contribution >= 4 is 52.7 Å². The Morgan fingerprint density at radius 3 is 2.81 bits per heavy atom. The summed E-state index contributed by atoms with van der Waals surface area (Å²) in [6.45, 7) is 2.42. The number of aromatic amines is 1. The predicted molar refractivity (Wildman–Crippen MR) is 84.6 cm³/mol. The van der Waals surface area contributed by atoms with Crippen LogP contribution in [0, 0.1) is 0 Å². The number of aromatic nitrogens is 2. The van der Waals surface area contributed by atoms with Gasteiger partial charge in [-0.25, -0.2) is 4.98 Å². The summed E-state index contributed by atoms with van der Waals surface area (Å²) < 4.78 is 7.97. The van der Waals surface area contributed by atoms with E-state index in [0.29, 0.717) is 22.3 Å². The van der Waals surface area contributed by atoms with Crippen LogP contribution in [0.1, 0.15) is 17.4 Å². The van der Waals surface area contributed by atoms with Gasteiger partial charge in [0.1, 0.15) is 10.9 Å². The van der Waals surface area contributed by atoms with E-state index in [1.807, 2.05) is 6.92 Å². The molecule has 112 valence electrons. The molecule has 0 radical (unpaired) electrons. The van der Waals surface area contributed by atoms with Gasteiger partial charge < -0.3 is 9.72 Å². The molecule has 1 aromatic carbocycles. The third kappa shape index (κ3) is 4.20. The molecule has 5 nitrogen and oxygen atoms in total. The topological polar surface area (TPSA) is 67.0 Å². The van der Waals surface area contributed by atoms with Crippen molar-refractivity contribution in [3.8, 4) is 5.75 Å². The average molecular weight is 367 g/mol. The number of hydrogen-bond acceptors (Lipinski definition) is 4. The van der Waals surface area contributed by atoms with Crippen molar-refractivity contribution in [2.75, 3.05) is 6.61 Å². The lowest BCUT2D eigenvalue weighted by atomic mass is 10.3. The monoisotopic (exact) mass is 365 g/mol. The molecular formula is C12H10Cl3N3O2S. The van der Waals surface area contributed by atoms with Gasteiger partial charge in [-0.15, -0.1) is 0 Å². The van der Waals surface area contributed by atoms with Crippen molar-refractivity contribution in [1.29, 1.82) is 0 Å². The number of ether oxygens (including phenoxy) is 1. The lowest BCUT2D eigenvalue weighted by molar-refractivity contribution is 0.0980. The molecule has 0 unspecified atom stereocenters. The van der Waals surface area contributed by atoms with E-state index < -0.39 is 5.91 Å². The lowest BCUT2D eigenvalue weighted by Crippen LogP contribution is -2.16. The maximum Gasteiger partial charge on any atom is 0.283 e. The Morgan fingerprint density at radius 2 is 2.19 bits per heavy atom. The molecule has 0 spiro atoms. The molecule has 1 aromatic heterocycles. The zero-order valence-electron chi connectivity index (χ0n) is 10.7. The number of nitrogens with one attached hydrogen (secondary N) is 2. The van der Waals surface area contributed by atoms with Gasteiger partial charge in [-0.1, -0.05) is 23.2 Å². The van der Waals surface area contributed by atoms with Gasteiger partial charge in [-0.3, -0.25) is 9.52 Å². The number of amides is 1. The van der Waals surface area contributed by atoms with Crippen molar-refractivity contribution < 1.29 is 9.53 Å². The number of rotatable bonds is 5. The minimum atomic E-state index is -0.481.